The zero-order chi connectivity index (χ0) is 13.0. The number of esters is 1. The van der Waals surface area contributed by atoms with Gasteiger partial charge in [0.25, 0.3) is 0 Å². The van der Waals surface area contributed by atoms with Crippen LogP contribution in [0.3, 0.4) is 0 Å². The van der Waals surface area contributed by atoms with Crippen molar-refractivity contribution in [2.24, 2.45) is 0 Å². The average Bonchev–Trinajstić information content (AvgIpc) is 2.11. The Morgan fingerprint density at radius 1 is 1.44 bits per heavy atom. The molecule has 0 radical (unpaired) electrons. The smallest absolute Gasteiger partial charge is 0.306 e. The van der Waals surface area contributed by atoms with E-state index in [0.29, 0.717) is 0 Å². The molecule has 1 N–H and O–H groups in total. The van der Waals surface area contributed by atoms with Gasteiger partial charge in [-0.2, -0.15) is 0 Å². The highest BCUT2D eigenvalue weighted by Crippen LogP contribution is 2.08. The second-order valence-electron chi connectivity index (χ2n) is 4.21. The monoisotopic (exact) mass is 253 g/mol. The van der Waals surface area contributed by atoms with Crippen LogP contribution in [-0.4, -0.2) is 55.9 Å². The first-order chi connectivity index (χ1) is 7.08. The van der Waals surface area contributed by atoms with Crippen molar-refractivity contribution >= 4 is 16.0 Å². The maximum atomic E-state index is 11.6. The molecule has 0 saturated heterocycles. The van der Waals surface area contributed by atoms with Crippen molar-refractivity contribution in [2.75, 3.05) is 26.5 Å². The highest BCUT2D eigenvalue weighted by Gasteiger charge is 2.25. The van der Waals surface area contributed by atoms with E-state index in [4.69, 9.17) is 0 Å². The number of carbonyl (C=O) groups is 1. The highest BCUT2D eigenvalue weighted by molar-refractivity contribution is 7.89. The fourth-order valence-corrected chi connectivity index (χ4v) is 2.36. The zero-order valence-electron chi connectivity index (χ0n) is 10.1. The topological polar surface area (TPSA) is 83.9 Å². The van der Waals surface area contributed by atoms with E-state index in [0.717, 1.165) is 4.31 Å². The number of rotatable bonds is 6. The van der Waals surface area contributed by atoms with Crippen molar-refractivity contribution in [3.63, 3.8) is 0 Å². The lowest BCUT2D eigenvalue weighted by Gasteiger charge is -2.24. The van der Waals surface area contributed by atoms with Crippen LogP contribution in [0, 0.1) is 0 Å². The van der Waals surface area contributed by atoms with Gasteiger partial charge in [0.05, 0.1) is 24.9 Å². The molecular weight excluding hydrogens is 234 g/mol. The lowest BCUT2D eigenvalue weighted by Crippen LogP contribution is -2.40. The Bertz CT molecular complexity index is 330. The molecule has 0 unspecified atom stereocenters. The van der Waals surface area contributed by atoms with Crippen molar-refractivity contribution in [3.05, 3.63) is 0 Å². The van der Waals surface area contributed by atoms with Gasteiger partial charge in [0.15, 0.2) is 0 Å². The minimum Gasteiger partial charge on any atom is -0.469 e. The Kier molecular flexibility index (Phi) is 5.37. The zero-order valence-corrected chi connectivity index (χ0v) is 10.9. The van der Waals surface area contributed by atoms with Gasteiger partial charge < -0.3 is 9.84 Å². The van der Waals surface area contributed by atoms with E-state index < -0.39 is 21.6 Å². The van der Waals surface area contributed by atoms with Gasteiger partial charge in [0, 0.05) is 13.6 Å². The first-order valence-electron chi connectivity index (χ1n) is 4.82. The molecule has 0 saturated carbocycles. The fraction of sp³-hybridized carbons (Fsp3) is 0.889. The molecular formula is C9H19NO5S. The third-order valence-electron chi connectivity index (χ3n) is 1.88. The summed E-state index contributed by atoms with van der Waals surface area (Å²) in [6.07, 6.45) is -0.185. The van der Waals surface area contributed by atoms with Gasteiger partial charge in [0.2, 0.25) is 10.0 Å². The van der Waals surface area contributed by atoms with Crippen molar-refractivity contribution in [1.82, 2.24) is 4.31 Å². The van der Waals surface area contributed by atoms with E-state index in [-0.39, 0.29) is 18.7 Å². The fourth-order valence-electron chi connectivity index (χ4n) is 1.11. The van der Waals surface area contributed by atoms with E-state index in [2.05, 4.69) is 4.74 Å². The van der Waals surface area contributed by atoms with Crippen molar-refractivity contribution in [1.29, 1.82) is 0 Å². The Hall–Kier alpha value is -0.660. The summed E-state index contributed by atoms with van der Waals surface area (Å²) in [4.78, 5) is 10.8. The molecule has 96 valence electrons. The van der Waals surface area contributed by atoms with Gasteiger partial charge in [-0.15, -0.1) is 0 Å². The molecule has 16 heavy (non-hydrogen) atoms. The van der Waals surface area contributed by atoms with Crippen molar-refractivity contribution in [2.45, 2.75) is 25.9 Å². The van der Waals surface area contributed by atoms with Crippen molar-refractivity contribution < 1.29 is 23.1 Å². The van der Waals surface area contributed by atoms with Crippen LogP contribution in [0.25, 0.3) is 0 Å². The maximum absolute atomic E-state index is 11.6. The molecule has 0 heterocycles. The Labute approximate surface area is 96.2 Å². The third-order valence-corrected chi connectivity index (χ3v) is 3.68. The first-order valence-corrected chi connectivity index (χ1v) is 6.42. The number of sulfonamides is 1. The Morgan fingerprint density at radius 3 is 2.31 bits per heavy atom. The number of ether oxygens (including phenoxy) is 1. The predicted molar refractivity (Wildman–Crippen MR) is 59.3 cm³/mol. The molecule has 0 amide bonds. The molecule has 0 rings (SSSR count). The van der Waals surface area contributed by atoms with E-state index >= 15 is 0 Å². The van der Waals surface area contributed by atoms with E-state index in [1.54, 1.807) is 0 Å². The third kappa shape index (κ3) is 6.04. The number of likely N-dealkylation sites (N-methyl/N-ethyl adjacent to an activating group) is 1. The summed E-state index contributed by atoms with van der Waals surface area (Å²) in [7, 11) is -0.957. The summed E-state index contributed by atoms with van der Waals surface area (Å²) in [5.74, 6) is -0.882. The summed E-state index contributed by atoms with van der Waals surface area (Å²) in [6, 6.07) is 0. The highest BCUT2D eigenvalue weighted by atomic mass is 32.2. The van der Waals surface area contributed by atoms with Gasteiger partial charge in [-0.1, -0.05) is 0 Å². The summed E-state index contributed by atoms with van der Waals surface area (Å²) in [6.45, 7) is 3.01. The van der Waals surface area contributed by atoms with Crippen LogP contribution in [0.5, 0.6) is 0 Å². The van der Waals surface area contributed by atoms with Crippen LogP contribution in [0.2, 0.25) is 0 Å². The maximum Gasteiger partial charge on any atom is 0.306 e. The summed E-state index contributed by atoms with van der Waals surface area (Å²) >= 11 is 0. The van der Waals surface area contributed by atoms with Gasteiger partial charge in [-0.05, 0) is 13.8 Å². The van der Waals surface area contributed by atoms with E-state index in [9.17, 15) is 18.3 Å². The predicted octanol–water partition coefficient (Wildman–Crippen LogP) is -0.418. The molecule has 0 aliphatic heterocycles. The van der Waals surface area contributed by atoms with Crippen LogP contribution in [0.15, 0.2) is 0 Å². The normalized spacial score (nSPS) is 12.9. The van der Waals surface area contributed by atoms with Crippen molar-refractivity contribution in [3.8, 4) is 0 Å². The molecule has 0 fully saturated rings. The lowest BCUT2D eigenvalue weighted by atomic mass is 10.1. The van der Waals surface area contributed by atoms with E-state index in [1.807, 2.05) is 0 Å². The largest absolute Gasteiger partial charge is 0.469 e. The van der Waals surface area contributed by atoms with Gasteiger partial charge in [-0.25, -0.2) is 12.7 Å². The Morgan fingerprint density at radius 2 is 1.94 bits per heavy atom. The molecule has 0 aromatic carbocycles. The molecule has 0 aliphatic rings. The van der Waals surface area contributed by atoms with E-state index in [1.165, 1.54) is 28.0 Å². The Balaban J connectivity index is 4.38. The summed E-state index contributed by atoms with van der Waals surface area (Å²) in [5, 5.41) is 9.48. The summed E-state index contributed by atoms with van der Waals surface area (Å²) in [5.41, 5.74) is -1.10. The number of aliphatic hydroxyl groups is 1. The number of methoxy groups -OCH3 is 1. The van der Waals surface area contributed by atoms with Crippen LogP contribution >= 0.6 is 0 Å². The minimum atomic E-state index is -3.53. The first kappa shape index (κ1) is 15.3. The lowest BCUT2D eigenvalue weighted by molar-refractivity contribution is -0.140. The molecule has 0 atom stereocenters. The van der Waals surface area contributed by atoms with Crippen LogP contribution in [0.1, 0.15) is 20.3 Å². The average molecular weight is 253 g/mol. The minimum absolute atomic E-state index is 0.0174. The second kappa shape index (κ2) is 5.60. The van der Waals surface area contributed by atoms with Crippen LogP contribution in [0.4, 0.5) is 0 Å². The quantitative estimate of drug-likeness (QED) is 0.650. The molecule has 0 spiro atoms. The molecule has 0 bridgehead atoms. The number of hydrogen-bond donors (Lipinski definition) is 1. The molecule has 6 nitrogen and oxygen atoms in total. The SMILES string of the molecule is COC(=O)CCS(=O)(=O)N(C)CC(C)(C)O. The van der Waals surface area contributed by atoms with Gasteiger partial charge >= 0.3 is 5.97 Å². The van der Waals surface area contributed by atoms with Gasteiger partial charge in [-0.3, -0.25) is 4.79 Å². The second-order valence-corrected chi connectivity index (χ2v) is 6.41. The molecule has 0 aromatic heterocycles. The summed E-state index contributed by atoms with van der Waals surface area (Å²) < 4.78 is 28.7. The molecule has 0 aliphatic carbocycles. The molecule has 7 heteroatoms. The number of carbonyl (C=O) groups excluding carboxylic acids is 1. The van der Waals surface area contributed by atoms with Gasteiger partial charge in [0.1, 0.15) is 0 Å². The standard InChI is InChI=1S/C9H19NO5S/c1-9(2,12)7-10(3)16(13,14)6-5-8(11)15-4/h12H,5-7H2,1-4H3. The number of hydrogen-bond acceptors (Lipinski definition) is 5. The molecule has 0 aromatic rings. The van der Waals surface area contributed by atoms with Crippen LogP contribution < -0.4 is 0 Å². The van der Waals surface area contributed by atoms with Crippen LogP contribution in [-0.2, 0) is 19.6 Å². The number of nitrogens with zero attached hydrogens (tertiary/aromatic N) is 1.